The van der Waals surface area contributed by atoms with Crippen LogP contribution in [-0.2, 0) is 21.3 Å². The van der Waals surface area contributed by atoms with Gasteiger partial charge in [0.15, 0.2) is 11.5 Å². The van der Waals surface area contributed by atoms with Crippen LogP contribution in [0.15, 0.2) is 41.3 Å². The van der Waals surface area contributed by atoms with Crippen LogP contribution < -0.4 is 9.47 Å². The van der Waals surface area contributed by atoms with E-state index in [9.17, 15) is 17.6 Å². The largest absolute Gasteiger partial charge is 0.454 e. The predicted octanol–water partition coefficient (Wildman–Crippen LogP) is 3.16. The first-order valence-electron chi connectivity index (χ1n) is 11.5. The molecule has 0 aromatic heterocycles. The number of morpholine rings is 1. The minimum Gasteiger partial charge on any atom is -0.454 e. The van der Waals surface area contributed by atoms with Gasteiger partial charge in [-0.15, -0.1) is 0 Å². The molecular weight excluding hydrogens is 463 g/mol. The van der Waals surface area contributed by atoms with Crippen molar-refractivity contribution in [3.05, 3.63) is 53.3 Å². The number of hydrogen-bond acceptors (Lipinski definition) is 6. The van der Waals surface area contributed by atoms with Crippen LogP contribution in [0.3, 0.4) is 0 Å². The summed E-state index contributed by atoms with van der Waals surface area (Å²) in [5.41, 5.74) is 0.601. The van der Waals surface area contributed by atoms with Gasteiger partial charge in [0.1, 0.15) is 5.82 Å². The highest BCUT2D eigenvalue weighted by atomic mass is 32.2. The molecule has 1 saturated carbocycles. The molecule has 0 spiro atoms. The topological polar surface area (TPSA) is 85.4 Å². The summed E-state index contributed by atoms with van der Waals surface area (Å²) in [6.45, 7) is 1.47. The lowest BCUT2D eigenvalue weighted by atomic mass is 10.1. The number of halogens is 1. The van der Waals surface area contributed by atoms with Crippen LogP contribution in [0.2, 0.25) is 0 Å². The molecule has 3 aliphatic rings. The average Bonchev–Trinajstić information content (AvgIpc) is 3.55. The van der Waals surface area contributed by atoms with E-state index in [1.165, 1.54) is 16.4 Å². The van der Waals surface area contributed by atoms with Gasteiger partial charge in [0.2, 0.25) is 16.8 Å². The molecule has 0 N–H and O–H groups in total. The van der Waals surface area contributed by atoms with E-state index >= 15 is 0 Å². The van der Waals surface area contributed by atoms with Crippen molar-refractivity contribution in [3.8, 4) is 11.5 Å². The van der Waals surface area contributed by atoms with Gasteiger partial charge in [-0.1, -0.05) is 18.9 Å². The van der Waals surface area contributed by atoms with Crippen LogP contribution in [0.5, 0.6) is 11.5 Å². The lowest BCUT2D eigenvalue weighted by molar-refractivity contribution is 0.0658. The van der Waals surface area contributed by atoms with Crippen LogP contribution in [0, 0.1) is 5.82 Å². The van der Waals surface area contributed by atoms with Gasteiger partial charge in [-0.05, 0) is 48.7 Å². The second kappa shape index (κ2) is 9.52. The first kappa shape index (κ1) is 23.1. The molecule has 10 heteroatoms. The minimum atomic E-state index is -3.86. The van der Waals surface area contributed by atoms with Crippen LogP contribution in [-0.4, -0.2) is 62.7 Å². The van der Waals surface area contributed by atoms with Crippen molar-refractivity contribution in [2.75, 3.05) is 33.1 Å². The van der Waals surface area contributed by atoms with E-state index in [1.54, 1.807) is 11.0 Å². The van der Waals surface area contributed by atoms with E-state index in [4.69, 9.17) is 14.2 Å². The SMILES string of the molecule is O=C(c1cc(S(=O)(=O)N2CCOCC2)ccc1F)N(Cc1ccc2c(c1)OCO2)C1CCCC1. The molecule has 2 aromatic rings. The highest BCUT2D eigenvalue weighted by Crippen LogP contribution is 2.34. The van der Waals surface area contributed by atoms with Gasteiger partial charge in [0.05, 0.1) is 23.7 Å². The lowest BCUT2D eigenvalue weighted by Gasteiger charge is -2.30. The maximum absolute atomic E-state index is 14.9. The molecule has 8 nitrogen and oxygen atoms in total. The molecule has 1 saturated heterocycles. The van der Waals surface area contributed by atoms with E-state index in [0.717, 1.165) is 37.3 Å². The zero-order chi connectivity index (χ0) is 23.7. The molecule has 1 amide bonds. The van der Waals surface area contributed by atoms with Crippen molar-refractivity contribution < 1.29 is 31.8 Å². The third-order valence-corrected chi connectivity index (χ3v) is 8.49. The molecule has 0 bridgehead atoms. The maximum atomic E-state index is 14.9. The third-order valence-electron chi connectivity index (χ3n) is 6.59. The summed E-state index contributed by atoms with van der Waals surface area (Å²) in [7, 11) is -3.86. The van der Waals surface area contributed by atoms with Crippen LogP contribution in [0.4, 0.5) is 4.39 Å². The van der Waals surface area contributed by atoms with Crippen LogP contribution in [0.1, 0.15) is 41.6 Å². The van der Waals surface area contributed by atoms with Crippen molar-refractivity contribution in [3.63, 3.8) is 0 Å². The average molecular weight is 491 g/mol. The minimum absolute atomic E-state index is 0.0446. The van der Waals surface area contributed by atoms with Crippen molar-refractivity contribution in [2.24, 2.45) is 0 Å². The van der Waals surface area contributed by atoms with Crippen molar-refractivity contribution in [2.45, 2.75) is 43.2 Å². The summed E-state index contributed by atoms with van der Waals surface area (Å²) in [5.74, 6) is 0.0105. The van der Waals surface area contributed by atoms with Gasteiger partial charge in [-0.2, -0.15) is 4.31 Å². The Morgan fingerprint density at radius 1 is 1.03 bits per heavy atom. The Bertz CT molecular complexity index is 1180. The van der Waals surface area contributed by atoms with Gasteiger partial charge in [-0.25, -0.2) is 12.8 Å². The van der Waals surface area contributed by atoms with E-state index in [2.05, 4.69) is 0 Å². The Kier molecular flexibility index (Phi) is 6.46. The standard InChI is InChI=1S/C24H27FN2O6S/c25-21-7-6-19(34(29,30)26-9-11-31-12-10-26)14-20(21)24(28)27(18-3-1-2-4-18)15-17-5-8-22-23(13-17)33-16-32-22/h5-8,13-14,18H,1-4,9-12,15-16H2. The molecular formula is C24H27FN2O6S. The summed E-state index contributed by atoms with van der Waals surface area (Å²) < 4.78 is 58.5. The fraction of sp³-hybridized carbons (Fsp3) is 0.458. The van der Waals surface area contributed by atoms with Gasteiger partial charge in [-0.3, -0.25) is 4.79 Å². The molecule has 0 radical (unpaired) electrons. The van der Waals surface area contributed by atoms with Gasteiger partial charge in [0, 0.05) is 25.7 Å². The lowest BCUT2D eigenvalue weighted by Crippen LogP contribution is -2.41. The highest BCUT2D eigenvalue weighted by molar-refractivity contribution is 7.89. The number of carbonyl (C=O) groups is 1. The first-order chi connectivity index (χ1) is 16.4. The second-order valence-electron chi connectivity index (χ2n) is 8.72. The van der Waals surface area contributed by atoms with E-state index in [1.807, 2.05) is 12.1 Å². The predicted molar refractivity (Wildman–Crippen MR) is 121 cm³/mol. The summed E-state index contributed by atoms with van der Waals surface area (Å²) in [4.78, 5) is 15.2. The van der Waals surface area contributed by atoms with E-state index < -0.39 is 21.7 Å². The van der Waals surface area contributed by atoms with Gasteiger partial charge < -0.3 is 19.1 Å². The molecule has 2 heterocycles. The van der Waals surface area contributed by atoms with Crippen molar-refractivity contribution in [1.82, 2.24) is 9.21 Å². The number of sulfonamides is 1. The molecule has 0 unspecified atom stereocenters. The molecule has 2 fully saturated rings. The zero-order valence-corrected chi connectivity index (χ0v) is 19.6. The zero-order valence-electron chi connectivity index (χ0n) is 18.7. The Balaban J connectivity index is 1.45. The summed E-state index contributed by atoms with van der Waals surface area (Å²) >= 11 is 0. The molecule has 1 aliphatic carbocycles. The summed E-state index contributed by atoms with van der Waals surface area (Å²) in [6, 6.07) is 8.89. The second-order valence-corrected chi connectivity index (χ2v) is 10.7. The molecule has 2 aliphatic heterocycles. The number of amides is 1. The normalized spacial score (nSPS) is 18.9. The summed E-state index contributed by atoms with van der Waals surface area (Å²) in [5, 5.41) is 0. The smallest absolute Gasteiger partial charge is 0.257 e. The van der Waals surface area contributed by atoms with Gasteiger partial charge in [0.25, 0.3) is 5.91 Å². The first-order valence-corrected chi connectivity index (χ1v) is 12.9. The van der Waals surface area contributed by atoms with E-state index in [-0.39, 0.29) is 42.9 Å². The fourth-order valence-corrected chi connectivity index (χ4v) is 6.17. The third kappa shape index (κ3) is 4.49. The number of carbonyl (C=O) groups excluding carboxylic acids is 1. The number of ether oxygens (including phenoxy) is 3. The van der Waals surface area contributed by atoms with E-state index in [0.29, 0.717) is 24.7 Å². The molecule has 2 aromatic carbocycles. The van der Waals surface area contributed by atoms with Crippen molar-refractivity contribution in [1.29, 1.82) is 0 Å². The number of fused-ring (bicyclic) bond motifs is 1. The molecule has 0 atom stereocenters. The van der Waals surface area contributed by atoms with Crippen LogP contribution in [0.25, 0.3) is 0 Å². The molecule has 182 valence electrons. The molecule has 5 rings (SSSR count). The quantitative estimate of drug-likeness (QED) is 0.619. The Hall–Kier alpha value is -2.69. The van der Waals surface area contributed by atoms with Crippen molar-refractivity contribution >= 4 is 15.9 Å². The maximum Gasteiger partial charge on any atom is 0.257 e. The number of hydrogen-bond donors (Lipinski definition) is 0. The number of rotatable bonds is 6. The monoisotopic (exact) mass is 490 g/mol. The number of benzene rings is 2. The van der Waals surface area contributed by atoms with Crippen LogP contribution >= 0.6 is 0 Å². The Morgan fingerprint density at radius 2 is 1.76 bits per heavy atom. The Labute approximate surface area is 198 Å². The highest BCUT2D eigenvalue weighted by Gasteiger charge is 2.32. The Morgan fingerprint density at radius 3 is 2.53 bits per heavy atom. The molecule has 34 heavy (non-hydrogen) atoms. The number of nitrogens with zero attached hydrogens (tertiary/aromatic N) is 2. The van der Waals surface area contributed by atoms with Gasteiger partial charge >= 0.3 is 0 Å². The fourth-order valence-electron chi connectivity index (χ4n) is 4.74. The summed E-state index contributed by atoms with van der Waals surface area (Å²) in [6.07, 6.45) is 3.63.